The highest BCUT2D eigenvalue weighted by atomic mass is 32.1. The van der Waals surface area contributed by atoms with Crippen molar-refractivity contribution in [3.05, 3.63) is 69.5 Å². The standard InChI is InChI=1S/C34H48O3S/c1-5-7-24-18-32(38-21-24)34(16-17-34)31(37)14-9-22(2)28-12-13-29-25(8-6-15-33(28,29)4)10-11-26-19-27(35)20-30(36)23(26)3/h9-11,14,18,21-22,27-31,35-37H,3,5-8,12-13,15-17,19-20H2,1-2,4H3/b14-9+,25-10+,26-11-/t22-,27-,28-,29+,30+,31-,33-/m1/s1. The van der Waals surface area contributed by atoms with Crippen LogP contribution in [-0.4, -0.2) is 33.6 Å². The highest BCUT2D eigenvalue weighted by Gasteiger charge is 2.52. The molecule has 0 saturated heterocycles. The van der Waals surface area contributed by atoms with Crippen molar-refractivity contribution in [1.82, 2.24) is 0 Å². The van der Waals surface area contributed by atoms with Gasteiger partial charge in [0.15, 0.2) is 0 Å². The van der Waals surface area contributed by atoms with Gasteiger partial charge in [0.2, 0.25) is 0 Å². The second-order valence-corrected chi connectivity index (χ2v) is 14.0. The summed E-state index contributed by atoms with van der Waals surface area (Å²) in [5.41, 5.74) is 4.95. The van der Waals surface area contributed by atoms with Crippen molar-refractivity contribution in [2.24, 2.45) is 23.2 Å². The molecule has 4 aliphatic carbocycles. The van der Waals surface area contributed by atoms with Crippen LogP contribution in [0.25, 0.3) is 0 Å². The Kier molecular flexibility index (Phi) is 8.27. The van der Waals surface area contributed by atoms with E-state index in [2.05, 4.69) is 63.1 Å². The maximum absolute atomic E-state index is 11.3. The van der Waals surface area contributed by atoms with Crippen LogP contribution in [0.15, 0.2) is 59.0 Å². The molecule has 3 N–H and O–H groups in total. The molecule has 208 valence electrons. The Balaban J connectivity index is 1.27. The predicted molar refractivity (Wildman–Crippen MR) is 158 cm³/mol. The Hall–Kier alpha value is -1.46. The van der Waals surface area contributed by atoms with Crippen LogP contribution in [0.5, 0.6) is 0 Å². The third kappa shape index (κ3) is 5.31. The SMILES string of the molecule is C=C1/C(=C\C=C2/CCC[C@]3(C)[C@@H]([C@H](C)/C=C/[C@@H](O)C4(c5cc(CCC)cs5)CC4)CC[C@@H]23)C[C@@H](O)C[C@@H]1O. The summed E-state index contributed by atoms with van der Waals surface area (Å²) in [6.07, 6.45) is 18.9. The van der Waals surface area contributed by atoms with Crippen LogP contribution in [-0.2, 0) is 11.8 Å². The summed E-state index contributed by atoms with van der Waals surface area (Å²) in [5.74, 6) is 1.65. The number of aliphatic hydroxyl groups is 3. The minimum Gasteiger partial charge on any atom is -0.393 e. The van der Waals surface area contributed by atoms with Gasteiger partial charge in [0.1, 0.15) is 0 Å². The summed E-state index contributed by atoms with van der Waals surface area (Å²) in [7, 11) is 0. The molecule has 0 aromatic carbocycles. The van der Waals surface area contributed by atoms with Crippen molar-refractivity contribution in [3.8, 4) is 0 Å². The molecule has 1 aromatic heterocycles. The highest BCUT2D eigenvalue weighted by Crippen LogP contribution is 2.60. The number of hydrogen-bond acceptors (Lipinski definition) is 4. The fourth-order valence-electron chi connectivity index (χ4n) is 8.09. The van der Waals surface area contributed by atoms with E-state index in [1.807, 2.05) is 11.3 Å². The van der Waals surface area contributed by atoms with Crippen LogP contribution in [0.4, 0.5) is 0 Å². The Labute approximate surface area is 234 Å². The predicted octanol–water partition coefficient (Wildman–Crippen LogP) is 7.43. The summed E-state index contributed by atoms with van der Waals surface area (Å²) >= 11 is 1.84. The minimum absolute atomic E-state index is 0.0481. The lowest BCUT2D eigenvalue weighted by Crippen LogP contribution is -2.35. The molecule has 0 bridgehead atoms. The Bertz CT molecular complexity index is 1100. The smallest absolute Gasteiger partial charge is 0.0825 e. The van der Waals surface area contributed by atoms with Crippen LogP contribution < -0.4 is 0 Å². The normalized spacial score (nSPS) is 36.6. The van der Waals surface area contributed by atoms with Gasteiger partial charge in [-0.05, 0) is 109 Å². The fraction of sp³-hybridized carbons (Fsp3) is 0.647. The van der Waals surface area contributed by atoms with E-state index >= 15 is 0 Å². The van der Waals surface area contributed by atoms with Gasteiger partial charge >= 0.3 is 0 Å². The van der Waals surface area contributed by atoms with Crippen LogP contribution in [0.1, 0.15) is 95.4 Å². The molecular formula is C34H48O3S. The van der Waals surface area contributed by atoms with E-state index < -0.39 is 18.3 Å². The summed E-state index contributed by atoms with van der Waals surface area (Å²) in [5, 5.41) is 33.9. The molecule has 0 aliphatic heterocycles. The second kappa shape index (κ2) is 11.2. The van der Waals surface area contributed by atoms with Crippen LogP contribution in [0, 0.1) is 23.2 Å². The zero-order valence-corrected chi connectivity index (χ0v) is 24.5. The van der Waals surface area contributed by atoms with Crippen molar-refractivity contribution in [2.45, 2.75) is 115 Å². The second-order valence-electron chi connectivity index (χ2n) is 13.1. The quantitative estimate of drug-likeness (QED) is 0.303. The highest BCUT2D eigenvalue weighted by molar-refractivity contribution is 7.10. The Morgan fingerprint density at radius 2 is 1.95 bits per heavy atom. The lowest BCUT2D eigenvalue weighted by Gasteiger charge is -2.44. The average Bonchev–Trinajstić information content (AvgIpc) is 3.42. The monoisotopic (exact) mass is 536 g/mol. The van der Waals surface area contributed by atoms with Gasteiger partial charge in [0.05, 0.1) is 18.3 Å². The Morgan fingerprint density at radius 3 is 2.68 bits per heavy atom. The van der Waals surface area contributed by atoms with Crippen molar-refractivity contribution < 1.29 is 15.3 Å². The lowest BCUT2D eigenvalue weighted by atomic mass is 9.61. The average molecular weight is 537 g/mol. The zero-order valence-electron chi connectivity index (χ0n) is 23.7. The third-order valence-electron chi connectivity index (χ3n) is 10.6. The van der Waals surface area contributed by atoms with Crippen molar-refractivity contribution in [2.75, 3.05) is 0 Å². The van der Waals surface area contributed by atoms with Gasteiger partial charge in [-0.15, -0.1) is 11.3 Å². The molecule has 38 heavy (non-hydrogen) atoms. The molecule has 4 aliphatic rings. The minimum atomic E-state index is -0.633. The first-order valence-electron chi connectivity index (χ1n) is 15.1. The first-order valence-corrected chi connectivity index (χ1v) is 15.9. The molecule has 4 heteroatoms. The van der Waals surface area contributed by atoms with Crippen molar-refractivity contribution >= 4 is 11.3 Å². The van der Waals surface area contributed by atoms with E-state index in [-0.39, 0.29) is 10.8 Å². The van der Waals surface area contributed by atoms with Gasteiger partial charge in [-0.25, -0.2) is 0 Å². The van der Waals surface area contributed by atoms with E-state index in [4.69, 9.17) is 0 Å². The Morgan fingerprint density at radius 1 is 1.16 bits per heavy atom. The maximum atomic E-state index is 11.3. The van der Waals surface area contributed by atoms with Crippen LogP contribution in [0.3, 0.4) is 0 Å². The molecule has 0 amide bonds. The van der Waals surface area contributed by atoms with E-state index in [1.165, 1.54) is 48.1 Å². The van der Waals surface area contributed by atoms with Gasteiger partial charge in [-0.3, -0.25) is 0 Å². The van der Waals surface area contributed by atoms with E-state index in [0.717, 1.165) is 36.8 Å². The first-order chi connectivity index (χ1) is 18.2. The number of allylic oxidation sites excluding steroid dienone is 4. The number of aliphatic hydroxyl groups excluding tert-OH is 3. The topological polar surface area (TPSA) is 60.7 Å². The molecule has 4 saturated carbocycles. The fourth-order valence-corrected chi connectivity index (χ4v) is 9.33. The van der Waals surface area contributed by atoms with Gasteiger partial charge in [-0.2, -0.15) is 0 Å². The maximum Gasteiger partial charge on any atom is 0.0825 e. The summed E-state index contributed by atoms with van der Waals surface area (Å²) in [6, 6.07) is 2.35. The summed E-state index contributed by atoms with van der Waals surface area (Å²) < 4.78 is 0. The van der Waals surface area contributed by atoms with E-state index in [9.17, 15) is 15.3 Å². The lowest BCUT2D eigenvalue weighted by molar-refractivity contribution is 0.0862. The molecule has 4 fully saturated rings. The van der Waals surface area contributed by atoms with Gasteiger partial charge < -0.3 is 15.3 Å². The van der Waals surface area contributed by atoms with Crippen molar-refractivity contribution in [3.63, 3.8) is 0 Å². The first kappa shape index (κ1) is 28.1. The summed E-state index contributed by atoms with van der Waals surface area (Å²) in [6.45, 7) is 11.2. The number of fused-ring (bicyclic) bond motifs is 1. The van der Waals surface area contributed by atoms with Crippen LogP contribution in [0.2, 0.25) is 0 Å². The summed E-state index contributed by atoms with van der Waals surface area (Å²) in [4.78, 5) is 1.37. The molecule has 5 rings (SSSR count). The number of aryl methyl sites for hydroxylation is 1. The largest absolute Gasteiger partial charge is 0.393 e. The molecule has 1 heterocycles. The van der Waals surface area contributed by atoms with Gasteiger partial charge in [0.25, 0.3) is 0 Å². The molecular weight excluding hydrogens is 488 g/mol. The number of thiophene rings is 1. The molecule has 1 aromatic rings. The molecule has 0 radical (unpaired) electrons. The van der Waals surface area contributed by atoms with Gasteiger partial charge in [0, 0.05) is 16.7 Å². The molecule has 7 atom stereocenters. The zero-order chi connectivity index (χ0) is 27.1. The third-order valence-corrected chi connectivity index (χ3v) is 11.8. The molecule has 3 nitrogen and oxygen atoms in total. The van der Waals surface area contributed by atoms with Gasteiger partial charge in [-0.1, -0.05) is 63.6 Å². The number of rotatable bonds is 8. The molecule has 0 unspecified atom stereocenters. The molecule has 0 spiro atoms. The van der Waals surface area contributed by atoms with Crippen molar-refractivity contribution in [1.29, 1.82) is 0 Å². The van der Waals surface area contributed by atoms with Crippen LogP contribution >= 0.6 is 11.3 Å². The van der Waals surface area contributed by atoms with E-state index in [1.54, 1.807) is 0 Å². The number of hydrogen-bond donors (Lipinski definition) is 3. The van der Waals surface area contributed by atoms with E-state index in [0.29, 0.717) is 30.6 Å².